The normalized spacial score (nSPS) is 19.9. The zero-order chi connectivity index (χ0) is 22.2. The number of guanidine groups is 1. The number of benzene rings is 1. The van der Waals surface area contributed by atoms with Gasteiger partial charge >= 0.3 is 0 Å². The molecule has 172 valence electrons. The van der Waals surface area contributed by atoms with Crippen LogP contribution in [0.2, 0.25) is 0 Å². The summed E-state index contributed by atoms with van der Waals surface area (Å²) in [6.07, 6.45) is 4.79. The highest BCUT2D eigenvalue weighted by molar-refractivity contribution is 5.79. The summed E-state index contributed by atoms with van der Waals surface area (Å²) in [5.74, 6) is 1.81. The Balaban J connectivity index is 1.25. The van der Waals surface area contributed by atoms with Crippen LogP contribution in [0, 0.1) is 0 Å². The van der Waals surface area contributed by atoms with Crippen LogP contribution in [0.3, 0.4) is 0 Å². The molecule has 7 heteroatoms. The monoisotopic (exact) mass is 436 g/mol. The Bertz CT molecular complexity index is 878. The van der Waals surface area contributed by atoms with Crippen LogP contribution in [-0.4, -0.2) is 61.8 Å². The van der Waals surface area contributed by atoms with Crippen LogP contribution in [0.5, 0.6) is 0 Å². The number of anilines is 1. The van der Waals surface area contributed by atoms with E-state index < -0.39 is 0 Å². The van der Waals surface area contributed by atoms with Crippen LogP contribution in [-0.2, 0) is 24.4 Å². The zero-order valence-electron chi connectivity index (χ0n) is 19.4. The van der Waals surface area contributed by atoms with Gasteiger partial charge < -0.3 is 20.3 Å². The smallest absolute Gasteiger partial charge is 0.191 e. The number of aliphatic imine (C=N–C) groups is 1. The highest BCUT2D eigenvalue weighted by Crippen LogP contribution is 2.16. The molecular weight excluding hydrogens is 400 g/mol. The SMILES string of the molecule is CN=C(NCc1ccc(CN2CCCC2)cc1)NCc1ccnc(N2CCOC(C)C2)c1. The van der Waals surface area contributed by atoms with Crippen molar-refractivity contribution < 1.29 is 4.74 Å². The van der Waals surface area contributed by atoms with Gasteiger partial charge in [0.15, 0.2) is 5.96 Å². The average Bonchev–Trinajstić information content (AvgIpc) is 3.33. The lowest BCUT2D eigenvalue weighted by Crippen LogP contribution is -2.41. The number of morpholine rings is 1. The van der Waals surface area contributed by atoms with E-state index >= 15 is 0 Å². The maximum absolute atomic E-state index is 5.64. The highest BCUT2D eigenvalue weighted by Gasteiger charge is 2.18. The molecule has 2 aliphatic heterocycles. The maximum Gasteiger partial charge on any atom is 0.191 e. The van der Waals surface area contributed by atoms with E-state index in [1.165, 1.54) is 42.6 Å². The number of nitrogens with one attached hydrogen (secondary N) is 2. The average molecular weight is 437 g/mol. The van der Waals surface area contributed by atoms with Crippen LogP contribution in [0.15, 0.2) is 47.6 Å². The van der Waals surface area contributed by atoms with Crippen molar-refractivity contribution in [3.8, 4) is 0 Å². The molecule has 2 N–H and O–H groups in total. The van der Waals surface area contributed by atoms with Crippen molar-refractivity contribution >= 4 is 11.8 Å². The van der Waals surface area contributed by atoms with Crippen LogP contribution in [0.25, 0.3) is 0 Å². The lowest BCUT2D eigenvalue weighted by molar-refractivity contribution is 0.0529. The molecular formula is C25H36N6O. The second-order valence-electron chi connectivity index (χ2n) is 8.73. The molecule has 1 atom stereocenters. The predicted molar refractivity (Wildman–Crippen MR) is 130 cm³/mol. The number of rotatable bonds is 7. The molecule has 0 amide bonds. The number of hydrogen-bond acceptors (Lipinski definition) is 5. The van der Waals surface area contributed by atoms with E-state index in [1.54, 1.807) is 0 Å². The summed E-state index contributed by atoms with van der Waals surface area (Å²) < 4.78 is 5.64. The summed E-state index contributed by atoms with van der Waals surface area (Å²) >= 11 is 0. The minimum Gasteiger partial charge on any atom is -0.375 e. The molecule has 1 aromatic carbocycles. The lowest BCUT2D eigenvalue weighted by Gasteiger charge is -2.32. The topological polar surface area (TPSA) is 65.0 Å². The molecule has 0 radical (unpaired) electrons. The van der Waals surface area contributed by atoms with Crippen molar-refractivity contribution in [2.45, 2.75) is 45.5 Å². The molecule has 0 spiro atoms. The summed E-state index contributed by atoms with van der Waals surface area (Å²) in [5, 5.41) is 6.83. The van der Waals surface area contributed by atoms with Crippen molar-refractivity contribution in [3.05, 3.63) is 59.3 Å². The summed E-state index contributed by atoms with van der Waals surface area (Å²) in [6.45, 7) is 9.59. The van der Waals surface area contributed by atoms with E-state index in [0.29, 0.717) is 6.54 Å². The molecule has 2 saturated heterocycles. The van der Waals surface area contributed by atoms with Crippen LogP contribution >= 0.6 is 0 Å². The third kappa shape index (κ3) is 6.43. The maximum atomic E-state index is 5.64. The van der Waals surface area contributed by atoms with Crippen LogP contribution < -0.4 is 15.5 Å². The Morgan fingerprint density at radius 3 is 2.47 bits per heavy atom. The van der Waals surface area contributed by atoms with Crippen molar-refractivity contribution in [1.29, 1.82) is 0 Å². The van der Waals surface area contributed by atoms with E-state index in [-0.39, 0.29) is 6.10 Å². The molecule has 2 aliphatic rings. The summed E-state index contributed by atoms with van der Waals surface area (Å²) in [4.78, 5) is 13.7. The summed E-state index contributed by atoms with van der Waals surface area (Å²) in [5.41, 5.74) is 3.83. The van der Waals surface area contributed by atoms with Crippen LogP contribution in [0.1, 0.15) is 36.5 Å². The van der Waals surface area contributed by atoms with Gasteiger partial charge in [0, 0.05) is 46.0 Å². The molecule has 0 aliphatic carbocycles. The minimum atomic E-state index is 0.240. The Hall–Kier alpha value is -2.64. The largest absolute Gasteiger partial charge is 0.375 e. The Labute approximate surface area is 191 Å². The third-order valence-electron chi connectivity index (χ3n) is 6.15. The second kappa shape index (κ2) is 11.3. The molecule has 2 aromatic rings. The van der Waals surface area contributed by atoms with Gasteiger partial charge in [-0.05, 0) is 61.7 Å². The van der Waals surface area contributed by atoms with Crippen molar-refractivity contribution in [1.82, 2.24) is 20.5 Å². The van der Waals surface area contributed by atoms with E-state index in [4.69, 9.17) is 4.74 Å². The van der Waals surface area contributed by atoms with Gasteiger partial charge in [0.1, 0.15) is 5.82 Å². The van der Waals surface area contributed by atoms with Gasteiger partial charge in [-0.3, -0.25) is 9.89 Å². The molecule has 0 saturated carbocycles. The lowest BCUT2D eigenvalue weighted by atomic mass is 10.1. The molecule has 4 rings (SSSR count). The van der Waals surface area contributed by atoms with Gasteiger partial charge in [-0.15, -0.1) is 0 Å². The van der Waals surface area contributed by atoms with Crippen molar-refractivity contribution in [2.24, 2.45) is 4.99 Å². The predicted octanol–water partition coefficient (Wildman–Crippen LogP) is 2.77. The van der Waals surface area contributed by atoms with Gasteiger partial charge in [0.25, 0.3) is 0 Å². The Morgan fingerprint density at radius 1 is 1.03 bits per heavy atom. The summed E-state index contributed by atoms with van der Waals surface area (Å²) in [7, 11) is 1.81. The van der Waals surface area contributed by atoms with Crippen molar-refractivity contribution in [2.75, 3.05) is 44.7 Å². The molecule has 2 fully saturated rings. The van der Waals surface area contributed by atoms with E-state index in [0.717, 1.165) is 44.6 Å². The molecule has 0 bridgehead atoms. The number of pyridine rings is 1. The fourth-order valence-electron chi connectivity index (χ4n) is 4.32. The van der Waals surface area contributed by atoms with Gasteiger partial charge in [0.2, 0.25) is 0 Å². The number of aromatic nitrogens is 1. The standard InChI is InChI=1S/C25H36N6O/c1-20-18-31(13-14-32-20)24-15-23(9-10-27-24)17-29-25(26-2)28-16-21-5-7-22(8-6-21)19-30-11-3-4-12-30/h5-10,15,20H,3-4,11-14,16-19H2,1-2H3,(H2,26,28,29). The molecule has 1 aromatic heterocycles. The molecule has 32 heavy (non-hydrogen) atoms. The van der Waals surface area contributed by atoms with Gasteiger partial charge in [-0.2, -0.15) is 0 Å². The first kappa shape index (κ1) is 22.6. The van der Waals surface area contributed by atoms with Crippen LogP contribution in [0.4, 0.5) is 5.82 Å². The molecule has 7 nitrogen and oxygen atoms in total. The highest BCUT2D eigenvalue weighted by atomic mass is 16.5. The number of nitrogens with zero attached hydrogens (tertiary/aromatic N) is 4. The van der Waals surface area contributed by atoms with E-state index in [9.17, 15) is 0 Å². The third-order valence-corrected chi connectivity index (χ3v) is 6.15. The quantitative estimate of drug-likeness (QED) is 0.514. The molecule has 1 unspecified atom stereocenters. The zero-order valence-corrected chi connectivity index (χ0v) is 19.4. The number of ether oxygens (including phenoxy) is 1. The molecule has 3 heterocycles. The van der Waals surface area contributed by atoms with E-state index in [2.05, 4.69) is 67.7 Å². The fourth-order valence-corrected chi connectivity index (χ4v) is 4.32. The van der Waals surface area contributed by atoms with Gasteiger partial charge in [-0.1, -0.05) is 24.3 Å². The van der Waals surface area contributed by atoms with E-state index in [1.807, 2.05) is 19.3 Å². The first-order valence-electron chi connectivity index (χ1n) is 11.8. The second-order valence-corrected chi connectivity index (χ2v) is 8.73. The number of hydrogen-bond donors (Lipinski definition) is 2. The fraction of sp³-hybridized carbons (Fsp3) is 0.520. The first-order valence-corrected chi connectivity index (χ1v) is 11.8. The minimum absolute atomic E-state index is 0.240. The Morgan fingerprint density at radius 2 is 1.75 bits per heavy atom. The van der Waals surface area contributed by atoms with Gasteiger partial charge in [0.05, 0.1) is 12.7 Å². The van der Waals surface area contributed by atoms with Gasteiger partial charge in [-0.25, -0.2) is 4.98 Å². The Kier molecular flexibility index (Phi) is 7.96. The first-order chi connectivity index (χ1) is 15.7. The summed E-state index contributed by atoms with van der Waals surface area (Å²) in [6, 6.07) is 13.1. The number of likely N-dealkylation sites (tertiary alicyclic amines) is 1. The van der Waals surface area contributed by atoms with Crippen molar-refractivity contribution in [3.63, 3.8) is 0 Å².